The van der Waals surface area contributed by atoms with Gasteiger partial charge in [0.25, 0.3) is 5.56 Å². The second-order valence-corrected chi connectivity index (χ2v) is 10.3. The third-order valence-electron chi connectivity index (χ3n) is 6.46. The molecule has 35 heavy (non-hydrogen) atoms. The molecule has 190 valence electrons. The number of benzene rings is 1. The molecule has 1 saturated heterocycles. The van der Waals surface area contributed by atoms with Crippen LogP contribution >= 0.6 is 11.8 Å². The van der Waals surface area contributed by atoms with Gasteiger partial charge < -0.3 is 9.64 Å². The first-order chi connectivity index (χ1) is 16.8. The highest BCUT2D eigenvalue weighted by atomic mass is 32.2. The molecule has 1 aliphatic heterocycles. The van der Waals surface area contributed by atoms with E-state index in [1.54, 1.807) is 35.2 Å². The maximum atomic E-state index is 13.0. The van der Waals surface area contributed by atoms with Crippen molar-refractivity contribution >= 4 is 23.6 Å². The van der Waals surface area contributed by atoms with Gasteiger partial charge in [-0.1, -0.05) is 41.6 Å². The van der Waals surface area contributed by atoms with E-state index in [-0.39, 0.29) is 23.4 Å². The Morgan fingerprint density at radius 1 is 1.17 bits per heavy atom. The van der Waals surface area contributed by atoms with Crippen molar-refractivity contribution in [1.82, 2.24) is 14.5 Å². The summed E-state index contributed by atoms with van der Waals surface area (Å²) in [7, 11) is 1.77. The third kappa shape index (κ3) is 7.43. The van der Waals surface area contributed by atoms with Crippen LogP contribution in [-0.2, 0) is 27.8 Å². The molecule has 0 saturated carbocycles. The number of ether oxygens (including phenoxy) is 1. The van der Waals surface area contributed by atoms with E-state index in [4.69, 9.17) is 9.72 Å². The van der Waals surface area contributed by atoms with Gasteiger partial charge in [-0.15, -0.1) is 0 Å². The van der Waals surface area contributed by atoms with E-state index in [2.05, 4.69) is 24.3 Å². The number of unbranched alkanes of at least 4 members (excludes halogenated alkanes) is 1. The molecule has 0 radical (unpaired) electrons. The lowest BCUT2D eigenvalue weighted by atomic mass is 9.98. The number of thioether (sulfide) groups is 1. The molecule has 0 spiro atoms. The molecule has 0 aliphatic carbocycles. The second kappa shape index (κ2) is 12.9. The zero-order chi connectivity index (χ0) is 25.4. The van der Waals surface area contributed by atoms with Gasteiger partial charge in [0.05, 0.1) is 12.5 Å². The number of carbonyl (C=O) groups is 2. The molecule has 1 amide bonds. The average Bonchev–Trinajstić information content (AvgIpc) is 2.85. The molecule has 1 fully saturated rings. The van der Waals surface area contributed by atoms with Crippen LogP contribution in [-0.4, -0.2) is 51.8 Å². The molecule has 8 heteroatoms. The van der Waals surface area contributed by atoms with Crippen LogP contribution < -0.4 is 5.56 Å². The third-order valence-corrected chi connectivity index (χ3v) is 7.58. The van der Waals surface area contributed by atoms with Crippen molar-refractivity contribution < 1.29 is 14.3 Å². The fourth-order valence-corrected chi connectivity index (χ4v) is 5.34. The standard InChI is InChI=1S/C27H37N3O4S/c1-5-34-26(33)22-9-8-15-30(18-22)24(31)10-6-7-16-35-27-28-20(3)23(25(32)29(27)4)17-21-13-11-19(2)12-14-21/h11-14,22H,5-10,15-18H2,1-4H3. The summed E-state index contributed by atoms with van der Waals surface area (Å²) in [5.41, 5.74) is 3.80. The van der Waals surface area contributed by atoms with Gasteiger partial charge in [-0.2, -0.15) is 0 Å². The number of rotatable bonds is 10. The van der Waals surface area contributed by atoms with Gasteiger partial charge in [-0.05, 0) is 52.0 Å². The number of esters is 1. The highest BCUT2D eigenvalue weighted by Gasteiger charge is 2.29. The molecule has 2 aromatic rings. The number of hydrogen-bond acceptors (Lipinski definition) is 6. The summed E-state index contributed by atoms with van der Waals surface area (Å²) < 4.78 is 6.76. The Balaban J connectivity index is 1.47. The van der Waals surface area contributed by atoms with E-state index in [0.29, 0.717) is 37.7 Å². The first-order valence-corrected chi connectivity index (χ1v) is 13.5. The molecule has 1 unspecified atom stereocenters. The van der Waals surface area contributed by atoms with Crippen LogP contribution in [0, 0.1) is 19.8 Å². The Morgan fingerprint density at radius 3 is 2.63 bits per heavy atom. The molecule has 3 rings (SSSR count). The van der Waals surface area contributed by atoms with Crippen LogP contribution in [0.25, 0.3) is 0 Å². The molecular formula is C27H37N3O4S. The zero-order valence-corrected chi connectivity index (χ0v) is 22.2. The number of piperidine rings is 1. The number of nitrogens with zero attached hydrogens (tertiary/aromatic N) is 3. The number of aryl methyl sites for hydroxylation is 2. The van der Waals surface area contributed by atoms with Gasteiger partial charge in [0.2, 0.25) is 5.91 Å². The molecule has 1 aromatic carbocycles. The van der Waals surface area contributed by atoms with Crippen LogP contribution in [0.15, 0.2) is 34.2 Å². The van der Waals surface area contributed by atoms with E-state index in [1.807, 2.05) is 13.8 Å². The lowest BCUT2D eigenvalue weighted by Crippen LogP contribution is -2.42. The maximum Gasteiger partial charge on any atom is 0.310 e. The summed E-state index contributed by atoms with van der Waals surface area (Å²) >= 11 is 1.56. The van der Waals surface area contributed by atoms with Crippen molar-refractivity contribution in [2.75, 3.05) is 25.4 Å². The molecule has 1 aliphatic rings. The van der Waals surface area contributed by atoms with Crippen molar-refractivity contribution in [1.29, 1.82) is 0 Å². The number of amides is 1. The van der Waals surface area contributed by atoms with E-state index in [1.165, 1.54) is 5.56 Å². The van der Waals surface area contributed by atoms with Crippen molar-refractivity contribution in [2.45, 2.75) is 64.5 Å². The average molecular weight is 500 g/mol. The first-order valence-electron chi connectivity index (χ1n) is 12.5. The van der Waals surface area contributed by atoms with Crippen LogP contribution in [0.1, 0.15) is 61.4 Å². The Bertz CT molecular complexity index is 1080. The lowest BCUT2D eigenvalue weighted by molar-refractivity contribution is -0.151. The van der Waals surface area contributed by atoms with Crippen LogP contribution in [0.3, 0.4) is 0 Å². The smallest absolute Gasteiger partial charge is 0.310 e. The molecule has 7 nitrogen and oxygen atoms in total. The summed E-state index contributed by atoms with van der Waals surface area (Å²) in [6.45, 7) is 7.30. The monoisotopic (exact) mass is 499 g/mol. The minimum Gasteiger partial charge on any atom is -0.466 e. The fourth-order valence-electron chi connectivity index (χ4n) is 4.33. The predicted octanol–water partition coefficient (Wildman–Crippen LogP) is 4.05. The highest BCUT2D eigenvalue weighted by Crippen LogP contribution is 2.21. The molecule has 0 bridgehead atoms. The van der Waals surface area contributed by atoms with Crippen LogP contribution in [0.5, 0.6) is 0 Å². The quantitative estimate of drug-likeness (QED) is 0.212. The Labute approximate surface area is 212 Å². The van der Waals surface area contributed by atoms with Crippen LogP contribution in [0.2, 0.25) is 0 Å². The summed E-state index contributed by atoms with van der Waals surface area (Å²) in [5, 5.41) is 0.708. The van der Waals surface area contributed by atoms with E-state index >= 15 is 0 Å². The molecule has 2 heterocycles. The van der Waals surface area contributed by atoms with Crippen molar-refractivity contribution in [3.05, 3.63) is 57.0 Å². The van der Waals surface area contributed by atoms with Crippen LogP contribution in [0.4, 0.5) is 0 Å². The van der Waals surface area contributed by atoms with Gasteiger partial charge in [-0.25, -0.2) is 4.98 Å². The number of aromatic nitrogens is 2. The largest absolute Gasteiger partial charge is 0.466 e. The maximum absolute atomic E-state index is 13.0. The van der Waals surface area contributed by atoms with Gasteiger partial charge in [0, 0.05) is 50.0 Å². The summed E-state index contributed by atoms with van der Waals surface area (Å²) in [5.74, 6) is 0.494. The predicted molar refractivity (Wildman–Crippen MR) is 139 cm³/mol. The SMILES string of the molecule is CCOC(=O)C1CCCN(C(=O)CCCCSc2nc(C)c(Cc3ccc(C)cc3)c(=O)n2C)C1. The van der Waals surface area contributed by atoms with Crippen molar-refractivity contribution in [3.8, 4) is 0 Å². The Hall–Kier alpha value is -2.61. The minimum absolute atomic E-state index is 0.00277. The first kappa shape index (κ1) is 27.0. The summed E-state index contributed by atoms with van der Waals surface area (Å²) in [4.78, 5) is 44.1. The Kier molecular flexibility index (Phi) is 9.95. The molecule has 1 atom stereocenters. The molecule has 0 N–H and O–H groups in total. The van der Waals surface area contributed by atoms with Gasteiger partial charge in [-0.3, -0.25) is 19.0 Å². The number of carbonyl (C=O) groups excluding carboxylic acids is 2. The lowest BCUT2D eigenvalue weighted by Gasteiger charge is -2.31. The minimum atomic E-state index is -0.201. The summed E-state index contributed by atoms with van der Waals surface area (Å²) in [6.07, 6.45) is 4.29. The topological polar surface area (TPSA) is 81.5 Å². The van der Waals surface area contributed by atoms with Gasteiger partial charge >= 0.3 is 5.97 Å². The van der Waals surface area contributed by atoms with Gasteiger partial charge in [0.15, 0.2) is 5.16 Å². The van der Waals surface area contributed by atoms with E-state index in [0.717, 1.165) is 48.3 Å². The highest BCUT2D eigenvalue weighted by molar-refractivity contribution is 7.99. The normalized spacial score (nSPS) is 15.8. The number of likely N-dealkylation sites (tertiary alicyclic amines) is 1. The molecule has 1 aromatic heterocycles. The van der Waals surface area contributed by atoms with Gasteiger partial charge in [0.1, 0.15) is 0 Å². The fraction of sp³-hybridized carbons (Fsp3) is 0.556. The zero-order valence-electron chi connectivity index (χ0n) is 21.3. The summed E-state index contributed by atoms with van der Waals surface area (Å²) in [6, 6.07) is 8.22. The number of hydrogen-bond donors (Lipinski definition) is 0. The van der Waals surface area contributed by atoms with E-state index in [9.17, 15) is 14.4 Å². The van der Waals surface area contributed by atoms with Crippen molar-refractivity contribution in [3.63, 3.8) is 0 Å². The second-order valence-electron chi connectivity index (χ2n) is 9.22. The van der Waals surface area contributed by atoms with E-state index < -0.39 is 0 Å². The Morgan fingerprint density at radius 2 is 1.91 bits per heavy atom. The molecular weight excluding hydrogens is 462 g/mol. The van der Waals surface area contributed by atoms with Crippen molar-refractivity contribution in [2.24, 2.45) is 13.0 Å².